The number of aryl methyl sites for hydroxylation is 3. The van der Waals surface area contributed by atoms with Gasteiger partial charge in [0.2, 0.25) is 0 Å². The average molecular weight is 503 g/mol. The molecule has 2 N–H and O–H groups in total. The van der Waals surface area contributed by atoms with Gasteiger partial charge in [-0.15, -0.1) is 0 Å². The zero-order valence-electron chi connectivity index (χ0n) is 22.1. The minimum absolute atomic E-state index is 0.0770. The zero-order valence-corrected chi connectivity index (χ0v) is 22.1. The number of amides is 1. The van der Waals surface area contributed by atoms with Crippen LogP contribution in [0.3, 0.4) is 0 Å². The van der Waals surface area contributed by atoms with Gasteiger partial charge in [0.15, 0.2) is 0 Å². The lowest BCUT2D eigenvalue weighted by molar-refractivity contribution is 0.0187. The van der Waals surface area contributed by atoms with E-state index in [4.69, 9.17) is 4.74 Å². The fourth-order valence-electron chi connectivity index (χ4n) is 5.42. The Morgan fingerprint density at radius 3 is 2.62 bits per heavy atom. The molecule has 0 saturated carbocycles. The van der Waals surface area contributed by atoms with Crippen molar-refractivity contribution >= 4 is 11.4 Å². The largest absolute Gasteiger partial charge is 0.379 e. The summed E-state index contributed by atoms with van der Waals surface area (Å²) < 4.78 is 9.63. The Labute approximate surface area is 216 Å². The first-order chi connectivity index (χ1) is 17.7. The van der Waals surface area contributed by atoms with Gasteiger partial charge in [0.1, 0.15) is 0 Å². The van der Waals surface area contributed by atoms with E-state index in [0.29, 0.717) is 24.3 Å². The molecule has 1 fully saturated rings. The first-order valence-corrected chi connectivity index (χ1v) is 12.7. The molecule has 0 aliphatic carbocycles. The zero-order chi connectivity index (χ0) is 26.3. The van der Waals surface area contributed by atoms with E-state index >= 15 is 0 Å². The van der Waals surface area contributed by atoms with Crippen LogP contribution in [0.4, 0.5) is 0 Å². The number of hydrogen-bond acceptors (Lipinski definition) is 5. The maximum Gasteiger partial charge on any atom is 0.253 e. The summed E-state index contributed by atoms with van der Waals surface area (Å²) in [5, 5.41) is 7.32. The molecule has 1 atom stereocenters. The third-order valence-electron chi connectivity index (χ3n) is 7.46. The molecule has 5 rings (SSSR count). The van der Waals surface area contributed by atoms with E-state index < -0.39 is 0 Å². The minimum Gasteiger partial charge on any atom is -0.379 e. The van der Waals surface area contributed by atoms with Gasteiger partial charge in [-0.1, -0.05) is 0 Å². The monoisotopic (exact) mass is 502 g/mol. The molecule has 4 aromatic heterocycles. The van der Waals surface area contributed by atoms with Crippen LogP contribution in [0.15, 0.2) is 41.5 Å². The van der Waals surface area contributed by atoms with E-state index in [0.717, 1.165) is 52.4 Å². The fraction of sp³-hybridized carbons (Fsp3) is 0.393. The van der Waals surface area contributed by atoms with E-state index in [1.165, 1.54) is 0 Å². The van der Waals surface area contributed by atoms with Gasteiger partial charge in [-0.2, -0.15) is 5.10 Å². The van der Waals surface area contributed by atoms with Crippen molar-refractivity contribution in [1.29, 1.82) is 0 Å². The van der Waals surface area contributed by atoms with Crippen LogP contribution in [-0.4, -0.2) is 56.3 Å². The number of hydrogen-bond donors (Lipinski definition) is 2. The molecule has 9 nitrogen and oxygen atoms in total. The van der Waals surface area contributed by atoms with Crippen molar-refractivity contribution in [3.63, 3.8) is 0 Å². The lowest BCUT2D eigenvalue weighted by Crippen LogP contribution is -2.39. The van der Waals surface area contributed by atoms with E-state index in [9.17, 15) is 9.59 Å². The van der Waals surface area contributed by atoms with Gasteiger partial charge in [-0.25, -0.2) is 0 Å². The first kappa shape index (κ1) is 25.0. The summed E-state index contributed by atoms with van der Waals surface area (Å²) in [6.07, 6.45) is 3.91. The van der Waals surface area contributed by atoms with Gasteiger partial charge in [-0.3, -0.25) is 19.2 Å². The number of nitrogens with one attached hydrogen (secondary N) is 2. The van der Waals surface area contributed by atoms with E-state index in [-0.39, 0.29) is 24.1 Å². The summed E-state index contributed by atoms with van der Waals surface area (Å²) in [7, 11) is 1.92. The summed E-state index contributed by atoms with van der Waals surface area (Å²) in [6, 6.07) is 8.02. The Morgan fingerprint density at radius 1 is 1.19 bits per heavy atom. The fourth-order valence-corrected chi connectivity index (χ4v) is 5.42. The lowest BCUT2D eigenvalue weighted by atomic mass is 10.0. The SMILES string of the molecule is Cc1cc(C)c(CNC(=O)c2cc3cc(-c4ccnn4C)cn3c(C(C)N3CCOCC3)c2C)c(=O)[nH]1. The molecule has 0 aromatic carbocycles. The second-order valence-corrected chi connectivity index (χ2v) is 9.88. The molecule has 0 radical (unpaired) electrons. The third kappa shape index (κ3) is 4.72. The van der Waals surface area contributed by atoms with Crippen molar-refractivity contribution in [3.05, 3.63) is 80.7 Å². The molecule has 1 unspecified atom stereocenters. The molecule has 194 valence electrons. The normalized spacial score (nSPS) is 15.3. The predicted octanol–water partition coefficient (Wildman–Crippen LogP) is 3.28. The summed E-state index contributed by atoms with van der Waals surface area (Å²) in [4.78, 5) is 31.2. The van der Waals surface area contributed by atoms with Crippen molar-refractivity contribution in [2.45, 2.75) is 40.3 Å². The van der Waals surface area contributed by atoms with E-state index in [2.05, 4.69) is 43.9 Å². The van der Waals surface area contributed by atoms with Crippen molar-refractivity contribution in [2.24, 2.45) is 7.05 Å². The Bertz CT molecular complexity index is 1520. The molecule has 1 amide bonds. The van der Waals surface area contributed by atoms with Crippen LogP contribution in [-0.2, 0) is 18.3 Å². The number of pyridine rings is 2. The van der Waals surface area contributed by atoms with Crippen LogP contribution >= 0.6 is 0 Å². The van der Waals surface area contributed by atoms with Crippen molar-refractivity contribution < 1.29 is 9.53 Å². The van der Waals surface area contributed by atoms with Gasteiger partial charge in [0.25, 0.3) is 11.5 Å². The maximum atomic E-state index is 13.5. The van der Waals surface area contributed by atoms with Gasteiger partial charge in [0.05, 0.1) is 18.9 Å². The number of morpholine rings is 1. The number of H-pyrrole nitrogens is 1. The molecule has 37 heavy (non-hydrogen) atoms. The molecule has 0 spiro atoms. The van der Waals surface area contributed by atoms with Gasteiger partial charge in [-0.05, 0) is 63.1 Å². The van der Waals surface area contributed by atoms with Gasteiger partial charge < -0.3 is 19.4 Å². The number of fused-ring (bicyclic) bond motifs is 1. The van der Waals surface area contributed by atoms with Gasteiger partial charge >= 0.3 is 0 Å². The molecule has 1 aliphatic rings. The highest BCUT2D eigenvalue weighted by atomic mass is 16.5. The quantitative estimate of drug-likeness (QED) is 0.422. The first-order valence-electron chi connectivity index (χ1n) is 12.7. The molecule has 1 aliphatic heterocycles. The number of ether oxygens (including phenoxy) is 1. The summed E-state index contributed by atoms with van der Waals surface area (Å²) in [5.74, 6) is -0.196. The molecule has 5 heterocycles. The van der Waals surface area contributed by atoms with Crippen LogP contribution in [0.2, 0.25) is 0 Å². The lowest BCUT2D eigenvalue weighted by Gasteiger charge is -2.34. The second-order valence-electron chi connectivity index (χ2n) is 9.88. The highest BCUT2D eigenvalue weighted by Gasteiger charge is 2.26. The standard InChI is InChI=1S/C28H34N6O3/c1-17-12-18(2)31-28(36)24(17)15-29-27(35)23-14-22-13-21(25-6-7-30-32(25)5)16-34(22)26(19(23)3)20(4)33-8-10-37-11-9-33/h6-7,12-14,16,20H,8-11,15H2,1-5H3,(H,29,35)(H,31,36). The number of rotatable bonds is 6. The number of aromatic nitrogens is 4. The van der Waals surface area contributed by atoms with E-state index in [1.807, 2.05) is 50.7 Å². The van der Waals surface area contributed by atoms with Crippen LogP contribution < -0.4 is 10.9 Å². The van der Waals surface area contributed by atoms with Crippen LogP contribution in [0, 0.1) is 20.8 Å². The molecule has 9 heteroatoms. The summed E-state index contributed by atoms with van der Waals surface area (Å²) >= 11 is 0. The minimum atomic E-state index is -0.196. The molecular formula is C28H34N6O3. The van der Waals surface area contributed by atoms with E-state index in [1.54, 1.807) is 6.20 Å². The topological polar surface area (TPSA) is 96.7 Å². The van der Waals surface area contributed by atoms with Gasteiger partial charge in [0, 0.05) is 78.7 Å². The molecule has 0 bridgehead atoms. The molecule has 1 saturated heterocycles. The number of carbonyl (C=O) groups excluding carboxylic acids is 1. The summed E-state index contributed by atoms with van der Waals surface area (Å²) in [5.41, 5.74) is 7.65. The van der Waals surface area contributed by atoms with Crippen LogP contribution in [0.25, 0.3) is 16.8 Å². The summed E-state index contributed by atoms with van der Waals surface area (Å²) in [6.45, 7) is 11.2. The van der Waals surface area contributed by atoms with Crippen LogP contribution in [0.1, 0.15) is 51.4 Å². The van der Waals surface area contributed by atoms with Crippen LogP contribution in [0.5, 0.6) is 0 Å². The number of carbonyl (C=O) groups is 1. The second kappa shape index (κ2) is 9.99. The average Bonchev–Trinajstić information content (AvgIpc) is 3.48. The predicted molar refractivity (Wildman–Crippen MR) is 143 cm³/mol. The Hall–Kier alpha value is -3.69. The highest BCUT2D eigenvalue weighted by Crippen LogP contribution is 2.32. The smallest absolute Gasteiger partial charge is 0.253 e. The number of nitrogens with zero attached hydrogens (tertiary/aromatic N) is 4. The Morgan fingerprint density at radius 2 is 1.95 bits per heavy atom. The number of aromatic amines is 1. The third-order valence-corrected chi connectivity index (χ3v) is 7.46. The highest BCUT2D eigenvalue weighted by molar-refractivity contribution is 5.97. The molecule has 4 aromatic rings. The van der Waals surface area contributed by atoms with Crippen molar-refractivity contribution in [1.82, 2.24) is 29.4 Å². The Kier molecular flexibility index (Phi) is 6.74. The van der Waals surface area contributed by atoms with Crippen molar-refractivity contribution in [2.75, 3.05) is 26.3 Å². The Balaban J connectivity index is 1.56. The van der Waals surface area contributed by atoms with Crippen molar-refractivity contribution in [3.8, 4) is 11.3 Å². The molecular weight excluding hydrogens is 468 g/mol. The maximum absolute atomic E-state index is 13.5.